The summed E-state index contributed by atoms with van der Waals surface area (Å²) >= 11 is 0. The van der Waals surface area contributed by atoms with E-state index in [2.05, 4.69) is 10.3 Å². The third kappa shape index (κ3) is 5.63. The molecule has 0 bridgehead atoms. The molecule has 0 radical (unpaired) electrons. The van der Waals surface area contributed by atoms with Gasteiger partial charge in [-0.05, 0) is 25.0 Å². The van der Waals surface area contributed by atoms with Crippen molar-refractivity contribution in [1.29, 1.82) is 5.26 Å². The van der Waals surface area contributed by atoms with Crippen molar-refractivity contribution in [2.45, 2.75) is 57.1 Å². The van der Waals surface area contributed by atoms with Crippen LogP contribution in [0.15, 0.2) is 18.3 Å². The van der Waals surface area contributed by atoms with Crippen molar-refractivity contribution >= 4 is 0 Å². The highest BCUT2D eigenvalue weighted by Gasteiger charge is 2.14. The number of nitrogens with zero attached hydrogens (tertiary/aromatic N) is 2. The third-order valence-electron chi connectivity index (χ3n) is 4.05. The number of pyridine rings is 1. The van der Waals surface area contributed by atoms with Crippen molar-refractivity contribution in [3.05, 3.63) is 23.9 Å². The van der Waals surface area contributed by atoms with Crippen LogP contribution < -0.4 is 10.1 Å². The molecule has 0 spiro atoms. The minimum Gasteiger partial charge on any atom is -0.474 e. The van der Waals surface area contributed by atoms with Crippen molar-refractivity contribution in [2.75, 3.05) is 13.2 Å². The maximum absolute atomic E-state index is 10.0. The molecule has 22 heavy (non-hydrogen) atoms. The van der Waals surface area contributed by atoms with Crippen LogP contribution in [0.2, 0.25) is 0 Å². The largest absolute Gasteiger partial charge is 0.474 e. The number of rotatable bonds is 6. The summed E-state index contributed by atoms with van der Waals surface area (Å²) in [5.41, 5.74) is 0.391. The van der Waals surface area contributed by atoms with Gasteiger partial charge >= 0.3 is 0 Å². The van der Waals surface area contributed by atoms with Crippen LogP contribution in [0.5, 0.6) is 5.88 Å². The van der Waals surface area contributed by atoms with Gasteiger partial charge < -0.3 is 15.2 Å². The van der Waals surface area contributed by atoms with Crippen molar-refractivity contribution in [2.24, 2.45) is 0 Å². The molecule has 2 N–H and O–H groups in total. The van der Waals surface area contributed by atoms with Crippen molar-refractivity contribution < 1.29 is 9.84 Å². The van der Waals surface area contributed by atoms with Gasteiger partial charge in [-0.1, -0.05) is 32.1 Å². The number of nitrogens with one attached hydrogen (secondary N) is 1. The van der Waals surface area contributed by atoms with Crippen molar-refractivity contribution in [3.63, 3.8) is 0 Å². The summed E-state index contributed by atoms with van der Waals surface area (Å²) in [6.07, 6.45) is 9.88. The second-order valence-corrected chi connectivity index (χ2v) is 5.88. The van der Waals surface area contributed by atoms with E-state index in [0.717, 1.165) is 0 Å². The number of aliphatic hydroxyl groups excluding tert-OH is 1. The normalized spacial score (nSPS) is 18.0. The maximum atomic E-state index is 10.0. The summed E-state index contributed by atoms with van der Waals surface area (Å²) in [5, 5.41) is 22.4. The van der Waals surface area contributed by atoms with Gasteiger partial charge in [-0.3, -0.25) is 0 Å². The molecule has 0 aromatic carbocycles. The van der Waals surface area contributed by atoms with Gasteiger partial charge in [-0.15, -0.1) is 0 Å². The lowest BCUT2D eigenvalue weighted by molar-refractivity contribution is 0.0997. The maximum Gasteiger partial charge on any atom is 0.231 e. The Bertz CT molecular complexity index is 479. The van der Waals surface area contributed by atoms with E-state index in [4.69, 9.17) is 10.00 Å². The fourth-order valence-electron chi connectivity index (χ4n) is 2.79. The van der Waals surface area contributed by atoms with Crippen LogP contribution >= 0.6 is 0 Å². The van der Waals surface area contributed by atoms with E-state index in [-0.39, 0.29) is 12.5 Å². The molecular weight excluding hydrogens is 278 g/mol. The average Bonchev–Trinajstić information content (AvgIpc) is 2.52. The molecule has 1 aliphatic carbocycles. The van der Waals surface area contributed by atoms with Gasteiger partial charge in [0, 0.05) is 18.8 Å². The van der Waals surface area contributed by atoms with Gasteiger partial charge in [-0.2, -0.15) is 5.26 Å². The number of hydrogen-bond acceptors (Lipinski definition) is 5. The monoisotopic (exact) mass is 303 g/mol. The molecule has 1 aromatic heterocycles. The van der Waals surface area contributed by atoms with E-state index in [0.29, 0.717) is 18.2 Å². The molecule has 1 fully saturated rings. The SMILES string of the molecule is N#Cc1cccnc1OC[C@@H](O)CNC1CCCCCCC1. The Balaban J connectivity index is 1.71. The predicted octanol–water partition coefficient (Wildman–Crippen LogP) is 2.40. The summed E-state index contributed by atoms with van der Waals surface area (Å²) in [7, 11) is 0. The Hall–Kier alpha value is -1.64. The standard InChI is InChI=1S/C17H25N3O2/c18-11-14-7-6-10-19-17(14)22-13-16(21)12-20-15-8-4-2-1-3-5-9-15/h6-7,10,15-16,20-21H,1-5,8-9,12-13H2/t16-/m0/s1. The lowest BCUT2D eigenvalue weighted by atomic mass is 9.96. The molecule has 1 saturated carbocycles. The molecule has 120 valence electrons. The molecule has 5 heteroatoms. The summed E-state index contributed by atoms with van der Waals surface area (Å²) in [6, 6.07) is 5.88. The highest BCUT2D eigenvalue weighted by atomic mass is 16.5. The Morgan fingerprint density at radius 3 is 2.77 bits per heavy atom. The molecule has 5 nitrogen and oxygen atoms in total. The minimum atomic E-state index is -0.598. The zero-order valence-electron chi connectivity index (χ0n) is 13.0. The van der Waals surface area contributed by atoms with E-state index < -0.39 is 6.10 Å². The number of hydrogen-bond donors (Lipinski definition) is 2. The number of aromatic nitrogens is 1. The van der Waals surface area contributed by atoms with Crippen LogP contribution in [0.1, 0.15) is 50.5 Å². The van der Waals surface area contributed by atoms with E-state index in [1.54, 1.807) is 18.3 Å². The van der Waals surface area contributed by atoms with Gasteiger partial charge in [0.05, 0.1) is 0 Å². The Morgan fingerprint density at radius 1 is 1.32 bits per heavy atom. The first-order valence-electron chi connectivity index (χ1n) is 8.19. The van der Waals surface area contributed by atoms with E-state index in [9.17, 15) is 5.11 Å². The highest BCUT2D eigenvalue weighted by Crippen LogP contribution is 2.17. The third-order valence-corrected chi connectivity index (χ3v) is 4.05. The molecule has 1 aromatic rings. The van der Waals surface area contributed by atoms with Gasteiger partial charge in [-0.25, -0.2) is 4.98 Å². The fourth-order valence-corrected chi connectivity index (χ4v) is 2.79. The van der Waals surface area contributed by atoms with Crippen molar-refractivity contribution in [3.8, 4) is 11.9 Å². The summed E-state index contributed by atoms with van der Waals surface area (Å²) in [6.45, 7) is 0.658. The molecule has 0 aliphatic heterocycles. The first-order valence-corrected chi connectivity index (χ1v) is 8.19. The fraction of sp³-hybridized carbons (Fsp3) is 0.647. The summed E-state index contributed by atoms with van der Waals surface area (Å²) < 4.78 is 5.45. The van der Waals surface area contributed by atoms with Crippen LogP contribution in [-0.2, 0) is 0 Å². The van der Waals surface area contributed by atoms with Crippen LogP contribution in [-0.4, -0.2) is 35.4 Å². The molecule has 2 rings (SSSR count). The van der Waals surface area contributed by atoms with Crippen LogP contribution in [0.4, 0.5) is 0 Å². The van der Waals surface area contributed by atoms with Crippen LogP contribution in [0.25, 0.3) is 0 Å². The molecular formula is C17H25N3O2. The van der Waals surface area contributed by atoms with Gasteiger partial charge in [0.25, 0.3) is 0 Å². The van der Waals surface area contributed by atoms with E-state index in [1.807, 2.05) is 6.07 Å². The van der Waals surface area contributed by atoms with E-state index >= 15 is 0 Å². The van der Waals surface area contributed by atoms with Gasteiger partial charge in [0.15, 0.2) is 0 Å². The van der Waals surface area contributed by atoms with Crippen LogP contribution in [0, 0.1) is 11.3 Å². The highest BCUT2D eigenvalue weighted by molar-refractivity contribution is 5.36. The van der Waals surface area contributed by atoms with Crippen molar-refractivity contribution in [1.82, 2.24) is 10.3 Å². The molecule has 1 aliphatic rings. The molecule has 0 unspecified atom stereocenters. The molecule has 0 saturated heterocycles. The number of ether oxygens (including phenoxy) is 1. The topological polar surface area (TPSA) is 78.2 Å². The Kier molecular flexibility index (Phi) is 7.14. The van der Waals surface area contributed by atoms with E-state index in [1.165, 1.54) is 44.9 Å². The molecule has 0 amide bonds. The number of aliphatic hydroxyl groups is 1. The lowest BCUT2D eigenvalue weighted by Gasteiger charge is -2.22. The van der Waals surface area contributed by atoms with Crippen LogP contribution in [0.3, 0.4) is 0 Å². The zero-order valence-corrected chi connectivity index (χ0v) is 13.0. The first-order chi connectivity index (χ1) is 10.8. The second kappa shape index (κ2) is 9.39. The summed E-state index contributed by atoms with van der Waals surface area (Å²) in [4.78, 5) is 4.02. The summed E-state index contributed by atoms with van der Waals surface area (Å²) in [5.74, 6) is 0.287. The molecule has 1 atom stereocenters. The predicted molar refractivity (Wildman–Crippen MR) is 84.6 cm³/mol. The average molecular weight is 303 g/mol. The smallest absolute Gasteiger partial charge is 0.231 e. The Morgan fingerprint density at radius 2 is 2.05 bits per heavy atom. The zero-order chi connectivity index (χ0) is 15.6. The quantitative estimate of drug-likeness (QED) is 0.843. The second-order valence-electron chi connectivity index (χ2n) is 5.88. The van der Waals surface area contributed by atoms with Gasteiger partial charge in [0.1, 0.15) is 24.3 Å². The first kappa shape index (κ1) is 16.7. The Labute approximate surface area is 132 Å². The lowest BCUT2D eigenvalue weighted by Crippen LogP contribution is -2.38. The number of nitriles is 1. The minimum absolute atomic E-state index is 0.144. The molecule has 1 heterocycles. The van der Waals surface area contributed by atoms with Gasteiger partial charge in [0.2, 0.25) is 5.88 Å².